The molecule has 1 aliphatic carbocycles. The molecular weight excluding hydrogens is 264 g/mol. The van der Waals surface area contributed by atoms with Crippen molar-refractivity contribution in [3.63, 3.8) is 0 Å². The van der Waals surface area contributed by atoms with Crippen LogP contribution in [0.3, 0.4) is 0 Å². The van der Waals surface area contributed by atoms with Crippen LogP contribution in [0.2, 0.25) is 0 Å². The number of nitrogens with two attached hydrogens (primary N) is 1. The van der Waals surface area contributed by atoms with Gasteiger partial charge in [0.1, 0.15) is 5.54 Å². The number of likely N-dealkylation sites (N-methyl/N-ethyl adjacent to an activating group) is 1. The number of carbonyl (C=O) groups is 1. The van der Waals surface area contributed by atoms with Crippen LogP contribution in [0.5, 0.6) is 0 Å². The quantitative estimate of drug-likeness (QED) is 0.595. The largest absolute Gasteiger partial charge is 0.368 e. The van der Waals surface area contributed by atoms with Gasteiger partial charge in [-0.3, -0.25) is 10.1 Å². The molecule has 1 unspecified atom stereocenters. The third kappa shape index (κ3) is 5.57. The Balaban J connectivity index is 2.71. The molecule has 0 aromatic rings. The third-order valence-corrected chi connectivity index (χ3v) is 4.26. The van der Waals surface area contributed by atoms with Gasteiger partial charge in [-0.2, -0.15) is 0 Å². The normalized spacial score (nSPS) is 18.5. The lowest BCUT2D eigenvalue weighted by molar-refractivity contribution is -0.126. The molecule has 0 saturated heterocycles. The van der Waals surface area contributed by atoms with Crippen LogP contribution in [0.1, 0.15) is 40.0 Å². The third-order valence-electron chi connectivity index (χ3n) is 4.26. The van der Waals surface area contributed by atoms with Crippen LogP contribution in [-0.4, -0.2) is 67.6 Å². The summed E-state index contributed by atoms with van der Waals surface area (Å²) < 4.78 is 0. The first-order valence-corrected chi connectivity index (χ1v) is 8.26. The zero-order chi connectivity index (χ0) is 16.0. The first kappa shape index (κ1) is 18.4. The lowest BCUT2D eigenvalue weighted by Crippen LogP contribution is -2.64. The molecule has 124 valence electrons. The van der Waals surface area contributed by atoms with Gasteiger partial charge >= 0.3 is 0 Å². The highest BCUT2D eigenvalue weighted by atomic mass is 16.1. The SMILES string of the molecule is CCN(CCCN(C)C)CC(NC(C)C)(C(N)=O)C1CC1. The minimum absolute atomic E-state index is 0.190. The van der Waals surface area contributed by atoms with Crippen molar-refractivity contribution in [3.8, 4) is 0 Å². The number of nitrogens with one attached hydrogen (secondary N) is 1. The summed E-state index contributed by atoms with van der Waals surface area (Å²) in [6.07, 6.45) is 3.33. The Hall–Kier alpha value is -0.650. The van der Waals surface area contributed by atoms with E-state index in [0.29, 0.717) is 5.92 Å². The second-order valence-electron chi connectivity index (χ2n) is 6.93. The van der Waals surface area contributed by atoms with Gasteiger partial charge in [0.2, 0.25) is 5.91 Å². The Morgan fingerprint density at radius 3 is 2.33 bits per heavy atom. The van der Waals surface area contributed by atoms with E-state index in [4.69, 9.17) is 5.73 Å². The van der Waals surface area contributed by atoms with Crippen molar-refractivity contribution in [2.24, 2.45) is 11.7 Å². The van der Waals surface area contributed by atoms with Crippen LogP contribution in [-0.2, 0) is 4.79 Å². The average Bonchev–Trinajstić information content (AvgIpc) is 3.19. The first-order valence-electron chi connectivity index (χ1n) is 8.26. The van der Waals surface area contributed by atoms with Crippen LogP contribution in [0.15, 0.2) is 0 Å². The van der Waals surface area contributed by atoms with E-state index in [2.05, 4.69) is 50.0 Å². The molecule has 0 aliphatic heterocycles. The molecule has 5 heteroatoms. The predicted octanol–water partition coefficient (Wildman–Crippen LogP) is 0.892. The maximum Gasteiger partial charge on any atom is 0.239 e. The Kier molecular flexibility index (Phi) is 7.10. The van der Waals surface area contributed by atoms with Gasteiger partial charge in [-0.05, 0) is 72.8 Å². The van der Waals surface area contributed by atoms with Crippen molar-refractivity contribution in [1.82, 2.24) is 15.1 Å². The van der Waals surface area contributed by atoms with Crippen molar-refractivity contribution < 1.29 is 4.79 Å². The molecule has 1 fully saturated rings. The molecule has 1 aliphatic rings. The van der Waals surface area contributed by atoms with Crippen LogP contribution in [0.25, 0.3) is 0 Å². The molecule has 0 aromatic heterocycles. The Labute approximate surface area is 130 Å². The van der Waals surface area contributed by atoms with E-state index >= 15 is 0 Å². The molecule has 0 radical (unpaired) electrons. The van der Waals surface area contributed by atoms with E-state index in [1.165, 1.54) is 0 Å². The Morgan fingerprint density at radius 2 is 1.95 bits per heavy atom. The summed E-state index contributed by atoms with van der Waals surface area (Å²) in [7, 11) is 4.18. The monoisotopic (exact) mass is 298 g/mol. The number of amides is 1. The number of carbonyl (C=O) groups excluding carboxylic acids is 1. The van der Waals surface area contributed by atoms with E-state index in [1.807, 2.05) is 0 Å². The van der Waals surface area contributed by atoms with Crippen molar-refractivity contribution in [1.29, 1.82) is 0 Å². The van der Waals surface area contributed by atoms with Gasteiger partial charge in [-0.15, -0.1) is 0 Å². The zero-order valence-electron chi connectivity index (χ0n) is 14.5. The highest BCUT2D eigenvalue weighted by Crippen LogP contribution is 2.40. The maximum absolute atomic E-state index is 12.2. The molecule has 0 bridgehead atoms. The smallest absolute Gasteiger partial charge is 0.239 e. The predicted molar refractivity (Wildman–Crippen MR) is 88.2 cm³/mol. The minimum Gasteiger partial charge on any atom is -0.368 e. The van der Waals surface area contributed by atoms with Crippen molar-refractivity contribution in [3.05, 3.63) is 0 Å². The van der Waals surface area contributed by atoms with Gasteiger partial charge in [-0.25, -0.2) is 0 Å². The number of primary amides is 1. The molecule has 3 N–H and O–H groups in total. The molecule has 21 heavy (non-hydrogen) atoms. The standard InChI is InChI=1S/C16H34N4O/c1-6-20(11-7-10-19(4)5)12-16(15(17)21,14-8-9-14)18-13(2)3/h13-14,18H,6-12H2,1-5H3,(H2,17,21). The van der Waals surface area contributed by atoms with Gasteiger partial charge in [0.05, 0.1) is 0 Å². The summed E-state index contributed by atoms with van der Waals surface area (Å²) in [6.45, 7) is 10.1. The van der Waals surface area contributed by atoms with Crippen molar-refractivity contribution in [2.45, 2.75) is 51.6 Å². The lowest BCUT2D eigenvalue weighted by Gasteiger charge is -2.38. The van der Waals surface area contributed by atoms with E-state index in [9.17, 15) is 4.79 Å². The summed E-state index contributed by atoms with van der Waals surface area (Å²) in [6, 6.07) is 0.263. The van der Waals surface area contributed by atoms with E-state index in [-0.39, 0.29) is 11.9 Å². The summed E-state index contributed by atoms with van der Waals surface area (Å²) in [5, 5.41) is 3.49. The van der Waals surface area contributed by atoms with Gasteiger partial charge in [0.15, 0.2) is 0 Å². The summed E-state index contributed by atoms with van der Waals surface area (Å²) in [5.41, 5.74) is 5.25. The number of rotatable bonds is 11. The molecule has 5 nitrogen and oxygen atoms in total. The second kappa shape index (κ2) is 8.11. The summed E-state index contributed by atoms with van der Waals surface area (Å²) >= 11 is 0. The van der Waals surface area contributed by atoms with E-state index in [1.54, 1.807) is 0 Å². The molecule has 0 aromatic carbocycles. The number of nitrogens with zero attached hydrogens (tertiary/aromatic N) is 2. The van der Waals surface area contributed by atoms with Gasteiger partial charge in [0.25, 0.3) is 0 Å². The van der Waals surface area contributed by atoms with Gasteiger partial charge < -0.3 is 15.5 Å². The van der Waals surface area contributed by atoms with Crippen LogP contribution < -0.4 is 11.1 Å². The average molecular weight is 298 g/mol. The number of hydrogen-bond acceptors (Lipinski definition) is 4. The fourth-order valence-corrected chi connectivity index (χ4v) is 3.05. The van der Waals surface area contributed by atoms with Crippen molar-refractivity contribution in [2.75, 3.05) is 40.3 Å². The summed E-state index contributed by atoms with van der Waals surface area (Å²) in [5.74, 6) is 0.213. The van der Waals surface area contributed by atoms with Gasteiger partial charge in [0, 0.05) is 12.6 Å². The molecular formula is C16H34N4O. The molecule has 1 amide bonds. The minimum atomic E-state index is -0.553. The summed E-state index contributed by atoms with van der Waals surface area (Å²) in [4.78, 5) is 16.8. The Bertz CT molecular complexity index is 328. The van der Waals surface area contributed by atoms with E-state index < -0.39 is 5.54 Å². The molecule has 1 rings (SSSR count). The highest BCUT2D eigenvalue weighted by molar-refractivity contribution is 5.86. The zero-order valence-corrected chi connectivity index (χ0v) is 14.5. The molecule has 0 heterocycles. The highest BCUT2D eigenvalue weighted by Gasteiger charge is 2.50. The molecule has 0 spiro atoms. The number of hydrogen-bond donors (Lipinski definition) is 2. The van der Waals surface area contributed by atoms with Crippen molar-refractivity contribution >= 4 is 5.91 Å². The van der Waals surface area contributed by atoms with Crippen LogP contribution >= 0.6 is 0 Å². The van der Waals surface area contributed by atoms with E-state index in [0.717, 1.165) is 45.4 Å². The van der Waals surface area contributed by atoms with Gasteiger partial charge in [-0.1, -0.05) is 6.92 Å². The Morgan fingerprint density at radius 1 is 1.33 bits per heavy atom. The fraction of sp³-hybridized carbons (Fsp3) is 0.938. The second-order valence-corrected chi connectivity index (χ2v) is 6.93. The maximum atomic E-state index is 12.2. The van der Waals surface area contributed by atoms with Crippen LogP contribution in [0.4, 0.5) is 0 Å². The fourth-order valence-electron chi connectivity index (χ4n) is 3.05. The molecule has 1 saturated carbocycles. The lowest BCUT2D eigenvalue weighted by atomic mass is 9.90. The molecule has 1 atom stereocenters. The topological polar surface area (TPSA) is 61.6 Å². The first-order chi connectivity index (χ1) is 9.81. The van der Waals surface area contributed by atoms with Crippen LogP contribution in [0, 0.1) is 5.92 Å².